The van der Waals surface area contributed by atoms with Crippen molar-refractivity contribution in [1.82, 2.24) is 5.32 Å². The Hall–Kier alpha value is -0.860. The van der Waals surface area contributed by atoms with E-state index in [2.05, 4.69) is 49.5 Å². The molecule has 0 heterocycles. The first kappa shape index (κ1) is 16.5. The van der Waals surface area contributed by atoms with Crippen LogP contribution in [0.1, 0.15) is 70.5 Å². The molecule has 2 atom stereocenters. The molecule has 0 bridgehead atoms. The third-order valence-electron chi connectivity index (χ3n) is 4.20. The normalized spacial score (nSPS) is 17.6. The van der Waals surface area contributed by atoms with Gasteiger partial charge in [0.25, 0.3) is 0 Å². The van der Waals surface area contributed by atoms with Crippen molar-refractivity contribution in [2.24, 2.45) is 0 Å². The lowest BCUT2D eigenvalue weighted by molar-refractivity contribution is -0.00827. The molecule has 1 N–H and O–H groups in total. The second-order valence-corrected chi connectivity index (χ2v) is 6.38. The minimum atomic E-state index is 0.188. The highest BCUT2D eigenvalue weighted by Crippen LogP contribution is 2.24. The van der Waals surface area contributed by atoms with Crippen molar-refractivity contribution >= 4 is 0 Å². The van der Waals surface area contributed by atoms with E-state index in [0.29, 0.717) is 6.10 Å². The summed E-state index contributed by atoms with van der Waals surface area (Å²) in [4.78, 5) is 0. The third-order valence-corrected chi connectivity index (χ3v) is 4.20. The van der Waals surface area contributed by atoms with E-state index in [1.54, 1.807) is 0 Å². The Morgan fingerprint density at radius 1 is 1.14 bits per heavy atom. The summed E-state index contributed by atoms with van der Waals surface area (Å²) in [7, 11) is 0. The van der Waals surface area contributed by atoms with Crippen LogP contribution in [0.3, 0.4) is 0 Å². The quantitative estimate of drug-likeness (QED) is 0.588. The van der Waals surface area contributed by atoms with Gasteiger partial charge >= 0.3 is 0 Å². The molecular formula is C19H31NO. The van der Waals surface area contributed by atoms with Gasteiger partial charge in [-0.05, 0) is 31.7 Å². The van der Waals surface area contributed by atoms with Gasteiger partial charge in [0.1, 0.15) is 0 Å². The molecule has 0 spiro atoms. The number of unbranched alkanes of at least 4 members (excludes halogenated alkanes) is 3. The highest BCUT2D eigenvalue weighted by molar-refractivity contribution is 5.18. The van der Waals surface area contributed by atoms with E-state index < -0.39 is 0 Å². The Morgan fingerprint density at radius 2 is 1.90 bits per heavy atom. The van der Waals surface area contributed by atoms with Crippen LogP contribution in [0.5, 0.6) is 0 Å². The minimum absolute atomic E-state index is 0.188. The van der Waals surface area contributed by atoms with E-state index in [-0.39, 0.29) is 6.10 Å². The molecule has 1 aliphatic carbocycles. The fraction of sp³-hybridized carbons (Fsp3) is 0.684. The average molecular weight is 289 g/mol. The zero-order valence-corrected chi connectivity index (χ0v) is 13.7. The Labute approximate surface area is 130 Å². The first-order valence-corrected chi connectivity index (χ1v) is 8.73. The molecule has 2 unspecified atom stereocenters. The summed E-state index contributed by atoms with van der Waals surface area (Å²) in [5, 5.41) is 3.61. The second-order valence-electron chi connectivity index (χ2n) is 6.38. The summed E-state index contributed by atoms with van der Waals surface area (Å²) in [6.45, 7) is 5.42. The second kappa shape index (κ2) is 9.22. The van der Waals surface area contributed by atoms with Gasteiger partial charge in [-0.3, -0.25) is 0 Å². The van der Waals surface area contributed by atoms with Gasteiger partial charge in [0.2, 0.25) is 0 Å². The van der Waals surface area contributed by atoms with Crippen LogP contribution >= 0.6 is 0 Å². The fourth-order valence-corrected chi connectivity index (χ4v) is 2.68. The molecule has 2 nitrogen and oxygen atoms in total. The van der Waals surface area contributed by atoms with E-state index in [1.807, 2.05) is 0 Å². The predicted molar refractivity (Wildman–Crippen MR) is 89.5 cm³/mol. The van der Waals surface area contributed by atoms with Gasteiger partial charge in [-0.25, -0.2) is 0 Å². The molecule has 1 saturated carbocycles. The van der Waals surface area contributed by atoms with Crippen LogP contribution in [0, 0.1) is 0 Å². The van der Waals surface area contributed by atoms with E-state index in [1.165, 1.54) is 50.5 Å². The highest BCUT2D eigenvalue weighted by Gasteiger charge is 2.23. The summed E-state index contributed by atoms with van der Waals surface area (Å²) in [5.74, 6) is 0. The Balaban J connectivity index is 1.79. The molecule has 118 valence electrons. The predicted octanol–water partition coefficient (Wildman–Crippen LogP) is 4.86. The summed E-state index contributed by atoms with van der Waals surface area (Å²) in [6, 6.07) is 11.4. The van der Waals surface area contributed by atoms with Gasteiger partial charge in [0.15, 0.2) is 0 Å². The van der Waals surface area contributed by atoms with Crippen molar-refractivity contribution in [2.45, 2.75) is 77.0 Å². The SMILES string of the molecule is CCCCCCC(C)OC(CNC1CC1)c1ccccc1. The molecule has 0 saturated heterocycles. The van der Waals surface area contributed by atoms with Crippen LogP contribution in [-0.4, -0.2) is 18.7 Å². The summed E-state index contributed by atoms with van der Waals surface area (Å²) >= 11 is 0. The molecule has 21 heavy (non-hydrogen) atoms. The number of rotatable bonds is 11. The highest BCUT2D eigenvalue weighted by atomic mass is 16.5. The fourth-order valence-electron chi connectivity index (χ4n) is 2.68. The lowest BCUT2D eigenvalue weighted by Crippen LogP contribution is -2.27. The van der Waals surface area contributed by atoms with Crippen LogP contribution in [-0.2, 0) is 4.74 Å². The van der Waals surface area contributed by atoms with Crippen molar-refractivity contribution in [3.63, 3.8) is 0 Å². The molecule has 1 aliphatic rings. The van der Waals surface area contributed by atoms with E-state index in [4.69, 9.17) is 4.74 Å². The number of hydrogen-bond donors (Lipinski definition) is 1. The van der Waals surface area contributed by atoms with Crippen LogP contribution in [0.25, 0.3) is 0 Å². The van der Waals surface area contributed by atoms with Gasteiger partial charge < -0.3 is 10.1 Å². The Morgan fingerprint density at radius 3 is 2.57 bits per heavy atom. The number of hydrogen-bond acceptors (Lipinski definition) is 2. The van der Waals surface area contributed by atoms with Crippen molar-refractivity contribution < 1.29 is 4.74 Å². The zero-order valence-electron chi connectivity index (χ0n) is 13.7. The van der Waals surface area contributed by atoms with E-state index >= 15 is 0 Å². The van der Waals surface area contributed by atoms with Crippen LogP contribution in [0.4, 0.5) is 0 Å². The summed E-state index contributed by atoms with van der Waals surface area (Å²) in [5.41, 5.74) is 1.30. The molecule has 2 rings (SSSR count). The van der Waals surface area contributed by atoms with Gasteiger partial charge in [-0.1, -0.05) is 62.9 Å². The van der Waals surface area contributed by atoms with E-state index in [9.17, 15) is 0 Å². The Bertz CT molecular complexity index is 374. The maximum Gasteiger partial charge on any atom is 0.0952 e. The molecule has 0 aliphatic heterocycles. The van der Waals surface area contributed by atoms with Crippen molar-refractivity contribution in [3.8, 4) is 0 Å². The molecular weight excluding hydrogens is 258 g/mol. The van der Waals surface area contributed by atoms with Gasteiger partial charge in [-0.2, -0.15) is 0 Å². The monoisotopic (exact) mass is 289 g/mol. The van der Waals surface area contributed by atoms with Gasteiger partial charge in [0.05, 0.1) is 12.2 Å². The van der Waals surface area contributed by atoms with E-state index in [0.717, 1.165) is 12.6 Å². The molecule has 0 radical (unpaired) electrons. The number of benzene rings is 1. The topological polar surface area (TPSA) is 21.3 Å². The van der Waals surface area contributed by atoms with Crippen molar-refractivity contribution in [2.75, 3.05) is 6.54 Å². The molecule has 0 amide bonds. The molecule has 1 aromatic rings. The first-order valence-electron chi connectivity index (χ1n) is 8.73. The first-order chi connectivity index (χ1) is 10.3. The maximum absolute atomic E-state index is 6.33. The van der Waals surface area contributed by atoms with Crippen molar-refractivity contribution in [3.05, 3.63) is 35.9 Å². The van der Waals surface area contributed by atoms with Gasteiger partial charge in [-0.15, -0.1) is 0 Å². The number of ether oxygens (including phenoxy) is 1. The molecule has 1 fully saturated rings. The van der Waals surface area contributed by atoms with Gasteiger partial charge in [0, 0.05) is 12.6 Å². The Kier molecular flexibility index (Phi) is 7.25. The third kappa shape index (κ3) is 6.62. The molecule has 0 aromatic heterocycles. The lowest BCUT2D eigenvalue weighted by atomic mass is 10.1. The van der Waals surface area contributed by atoms with Crippen LogP contribution in [0.2, 0.25) is 0 Å². The lowest BCUT2D eigenvalue weighted by Gasteiger charge is -2.23. The summed E-state index contributed by atoms with van der Waals surface area (Å²) in [6.07, 6.45) is 9.62. The maximum atomic E-state index is 6.33. The standard InChI is InChI=1S/C19H31NO/c1-3-4-5-7-10-16(2)21-19(15-20-18-13-14-18)17-11-8-6-9-12-17/h6,8-9,11-12,16,18-20H,3-5,7,10,13-15H2,1-2H3. The molecule has 2 heteroatoms. The largest absolute Gasteiger partial charge is 0.369 e. The zero-order chi connectivity index (χ0) is 14.9. The summed E-state index contributed by atoms with van der Waals surface area (Å²) < 4.78 is 6.33. The van der Waals surface area contributed by atoms with Crippen LogP contribution in [0.15, 0.2) is 30.3 Å². The minimum Gasteiger partial charge on any atom is -0.369 e. The molecule has 1 aromatic carbocycles. The average Bonchev–Trinajstić information content (AvgIpc) is 3.33. The van der Waals surface area contributed by atoms with Crippen LogP contribution < -0.4 is 5.32 Å². The van der Waals surface area contributed by atoms with Crippen molar-refractivity contribution in [1.29, 1.82) is 0 Å². The smallest absolute Gasteiger partial charge is 0.0952 e. The number of nitrogens with one attached hydrogen (secondary N) is 1.